The van der Waals surface area contributed by atoms with Crippen molar-refractivity contribution in [3.63, 3.8) is 0 Å². The van der Waals surface area contributed by atoms with Crippen LogP contribution in [0.4, 0.5) is 10.5 Å². The standard InChI is InChI=1S/C19H23N5O2/c1-4-26-12-15-8-6-5-7-14(15)10-21-19(25)22-16-9-17-13(2)23-24(3)18(17)20-11-16/h5-9,11H,4,10,12H2,1-3H3,(H2,21,22,25). The molecule has 3 rings (SSSR count). The minimum absolute atomic E-state index is 0.279. The number of carbonyl (C=O) groups excluding carboxylic acids is 1. The lowest BCUT2D eigenvalue weighted by Crippen LogP contribution is -2.28. The third-order valence-corrected chi connectivity index (χ3v) is 4.14. The van der Waals surface area contributed by atoms with Crippen molar-refractivity contribution in [1.29, 1.82) is 0 Å². The number of anilines is 1. The Kier molecular flexibility index (Phi) is 5.48. The van der Waals surface area contributed by atoms with Gasteiger partial charge in [0.1, 0.15) is 0 Å². The quantitative estimate of drug-likeness (QED) is 0.713. The number of urea groups is 1. The number of hydrogen-bond acceptors (Lipinski definition) is 4. The third-order valence-electron chi connectivity index (χ3n) is 4.14. The van der Waals surface area contributed by atoms with Crippen molar-refractivity contribution >= 4 is 22.8 Å². The van der Waals surface area contributed by atoms with Crippen LogP contribution in [0.3, 0.4) is 0 Å². The number of pyridine rings is 1. The SMILES string of the molecule is CCOCc1ccccc1CNC(=O)Nc1cnc2c(c1)c(C)nn2C. The summed E-state index contributed by atoms with van der Waals surface area (Å²) in [6.07, 6.45) is 1.63. The maximum Gasteiger partial charge on any atom is 0.319 e. The molecule has 0 aliphatic heterocycles. The number of ether oxygens (including phenoxy) is 1. The number of rotatable bonds is 6. The predicted octanol–water partition coefficient (Wildman–Crippen LogP) is 3.13. The van der Waals surface area contributed by atoms with E-state index in [1.807, 2.05) is 51.2 Å². The zero-order chi connectivity index (χ0) is 18.5. The number of aromatic nitrogens is 3. The molecule has 0 aliphatic rings. The average molecular weight is 353 g/mol. The van der Waals surface area contributed by atoms with E-state index in [-0.39, 0.29) is 6.03 Å². The fraction of sp³-hybridized carbons (Fsp3) is 0.316. The predicted molar refractivity (Wildman–Crippen MR) is 101 cm³/mol. The van der Waals surface area contributed by atoms with Crippen LogP contribution in [0.5, 0.6) is 0 Å². The Morgan fingerprint density at radius 3 is 2.81 bits per heavy atom. The molecule has 0 bridgehead atoms. The van der Waals surface area contributed by atoms with E-state index < -0.39 is 0 Å². The molecule has 2 amide bonds. The lowest BCUT2D eigenvalue weighted by Gasteiger charge is -2.11. The molecule has 0 saturated carbocycles. The molecular weight excluding hydrogens is 330 g/mol. The Hall–Kier alpha value is -2.93. The van der Waals surface area contributed by atoms with Gasteiger partial charge in [0, 0.05) is 25.6 Å². The molecule has 2 aromatic heterocycles. The second-order valence-electron chi connectivity index (χ2n) is 6.02. The number of benzene rings is 1. The number of nitrogens with one attached hydrogen (secondary N) is 2. The van der Waals surface area contributed by atoms with Crippen molar-refractivity contribution in [2.24, 2.45) is 7.05 Å². The summed E-state index contributed by atoms with van der Waals surface area (Å²) < 4.78 is 7.20. The Morgan fingerprint density at radius 1 is 1.27 bits per heavy atom. The Balaban J connectivity index is 1.64. The van der Waals surface area contributed by atoms with Crippen molar-refractivity contribution in [3.8, 4) is 0 Å². The largest absolute Gasteiger partial charge is 0.377 e. The molecule has 2 N–H and O–H groups in total. The van der Waals surface area contributed by atoms with Gasteiger partial charge in [-0.1, -0.05) is 24.3 Å². The first-order chi connectivity index (χ1) is 12.6. The van der Waals surface area contributed by atoms with Crippen molar-refractivity contribution in [3.05, 3.63) is 53.3 Å². The summed E-state index contributed by atoms with van der Waals surface area (Å²) in [6.45, 7) is 5.51. The van der Waals surface area contributed by atoms with E-state index in [1.165, 1.54) is 0 Å². The van der Waals surface area contributed by atoms with Gasteiger partial charge in [0.15, 0.2) is 5.65 Å². The lowest BCUT2D eigenvalue weighted by molar-refractivity contribution is 0.133. The molecule has 0 saturated heterocycles. The van der Waals surface area contributed by atoms with Crippen LogP contribution in [0.15, 0.2) is 36.5 Å². The molecule has 0 atom stereocenters. The fourth-order valence-electron chi connectivity index (χ4n) is 2.81. The summed E-state index contributed by atoms with van der Waals surface area (Å²) in [5.74, 6) is 0. The molecule has 7 nitrogen and oxygen atoms in total. The van der Waals surface area contributed by atoms with Gasteiger partial charge in [-0.05, 0) is 31.0 Å². The molecule has 3 aromatic rings. The van der Waals surface area contributed by atoms with Crippen LogP contribution in [0.1, 0.15) is 23.7 Å². The highest BCUT2D eigenvalue weighted by Gasteiger charge is 2.09. The molecule has 7 heteroatoms. The van der Waals surface area contributed by atoms with Gasteiger partial charge in [-0.15, -0.1) is 0 Å². The summed E-state index contributed by atoms with van der Waals surface area (Å²) >= 11 is 0. The minimum Gasteiger partial charge on any atom is -0.377 e. The number of aryl methyl sites for hydroxylation is 2. The van der Waals surface area contributed by atoms with Crippen molar-refractivity contribution in [2.75, 3.05) is 11.9 Å². The smallest absolute Gasteiger partial charge is 0.319 e. The van der Waals surface area contributed by atoms with Crippen molar-refractivity contribution in [1.82, 2.24) is 20.1 Å². The molecule has 1 aromatic carbocycles. The maximum atomic E-state index is 12.2. The van der Waals surface area contributed by atoms with E-state index in [0.29, 0.717) is 25.4 Å². The molecule has 0 radical (unpaired) electrons. The molecule has 136 valence electrons. The summed E-state index contributed by atoms with van der Waals surface area (Å²) in [4.78, 5) is 16.6. The van der Waals surface area contributed by atoms with Gasteiger partial charge in [-0.3, -0.25) is 4.68 Å². The van der Waals surface area contributed by atoms with Crippen LogP contribution in [0.2, 0.25) is 0 Å². The molecule has 0 fully saturated rings. The molecular formula is C19H23N5O2. The first kappa shape index (κ1) is 17.9. The van der Waals surface area contributed by atoms with Crippen LogP contribution < -0.4 is 10.6 Å². The van der Waals surface area contributed by atoms with E-state index in [2.05, 4.69) is 20.7 Å². The number of nitrogens with zero attached hydrogens (tertiary/aromatic N) is 3. The van der Waals surface area contributed by atoms with Gasteiger partial charge in [0.05, 0.1) is 24.2 Å². The second kappa shape index (κ2) is 7.97. The molecule has 2 heterocycles. The molecule has 0 spiro atoms. The summed E-state index contributed by atoms with van der Waals surface area (Å²) in [7, 11) is 1.85. The van der Waals surface area contributed by atoms with Crippen LogP contribution >= 0.6 is 0 Å². The maximum absolute atomic E-state index is 12.2. The second-order valence-corrected chi connectivity index (χ2v) is 6.02. The van der Waals surface area contributed by atoms with Crippen molar-refractivity contribution in [2.45, 2.75) is 27.0 Å². The van der Waals surface area contributed by atoms with E-state index in [1.54, 1.807) is 10.9 Å². The van der Waals surface area contributed by atoms with E-state index in [4.69, 9.17) is 4.74 Å². The molecule has 26 heavy (non-hydrogen) atoms. The van der Waals surface area contributed by atoms with Crippen LogP contribution in [0.25, 0.3) is 11.0 Å². The normalized spacial score (nSPS) is 10.9. The van der Waals surface area contributed by atoms with Crippen LogP contribution in [-0.2, 0) is 24.9 Å². The van der Waals surface area contributed by atoms with Gasteiger partial charge in [0.2, 0.25) is 0 Å². The van der Waals surface area contributed by atoms with Crippen LogP contribution in [-0.4, -0.2) is 27.4 Å². The van der Waals surface area contributed by atoms with E-state index in [9.17, 15) is 4.79 Å². The highest BCUT2D eigenvalue weighted by Crippen LogP contribution is 2.19. The number of carbonyl (C=O) groups is 1. The number of hydrogen-bond donors (Lipinski definition) is 2. The summed E-state index contributed by atoms with van der Waals surface area (Å²) in [5, 5.41) is 11.0. The highest BCUT2D eigenvalue weighted by atomic mass is 16.5. The monoisotopic (exact) mass is 353 g/mol. The van der Waals surface area contributed by atoms with Gasteiger partial charge in [0.25, 0.3) is 0 Å². The first-order valence-electron chi connectivity index (χ1n) is 8.57. The van der Waals surface area contributed by atoms with Gasteiger partial charge < -0.3 is 15.4 Å². The Labute approximate surface area is 152 Å². The summed E-state index contributed by atoms with van der Waals surface area (Å²) in [5.41, 5.74) is 4.41. The zero-order valence-corrected chi connectivity index (χ0v) is 15.2. The van der Waals surface area contributed by atoms with E-state index >= 15 is 0 Å². The van der Waals surface area contributed by atoms with E-state index in [0.717, 1.165) is 27.9 Å². The topological polar surface area (TPSA) is 81.1 Å². The lowest BCUT2D eigenvalue weighted by atomic mass is 10.1. The van der Waals surface area contributed by atoms with Crippen LogP contribution in [0, 0.1) is 6.92 Å². The Morgan fingerprint density at radius 2 is 2.04 bits per heavy atom. The highest BCUT2D eigenvalue weighted by molar-refractivity contribution is 5.92. The molecule has 0 aliphatic carbocycles. The minimum atomic E-state index is -0.279. The van der Waals surface area contributed by atoms with Gasteiger partial charge >= 0.3 is 6.03 Å². The molecule has 0 unspecified atom stereocenters. The van der Waals surface area contributed by atoms with Gasteiger partial charge in [-0.2, -0.15) is 5.10 Å². The zero-order valence-electron chi connectivity index (χ0n) is 15.2. The summed E-state index contributed by atoms with van der Waals surface area (Å²) in [6, 6.07) is 9.52. The first-order valence-corrected chi connectivity index (χ1v) is 8.57. The third kappa shape index (κ3) is 4.00. The number of fused-ring (bicyclic) bond motifs is 1. The van der Waals surface area contributed by atoms with Crippen molar-refractivity contribution < 1.29 is 9.53 Å². The van der Waals surface area contributed by atoms with Gasteiger partial charge in [-0.25, -0.2) is 9.78 Å². The number of amides is 2. The Bertz CT molecular complexity index is 919. The average Bonchev–Trinajstić information content (AvgIpc) is 2.92. The fourth-order valence-corrected chi connectivity index (χ4v) is 2.81.